The monoisotopic (exact) mass is 384 g/mol. The molecule has 0 amide bonds. The van der Waals surface area contributed by atoms with E-state index in [-0.39, 0.29) is 0 Å². The molecule has 0 radical (unpaired) electrons. The number of aryl methyl sites for hydroxylation is 1. The summed E-state index contributed by atoms with van der Waals surface area (Å²) in [6.07, 6.45) is 6.72. The molecule has 1 N–H and O–H groups in total. The second kappa shape index (κ2) is 6.33. The minimum atomic E-state index is 0.548. The van der Waals surface area contributed by atoms with Crippen LogP contribution in [0.4, 0.5) is 0 Å². The van der Waals surface area contributed by atoms with Gasteiger partial charge in [-0.15, -0.1) is 11.3 Å². The van der Waals surface area contributed by atoms with Crippen molar-refractivity contribution in [1.82, 2.24) is 10.3 Å². The average Bonchev–Trinajstić information content (AvgIpc) is 2.81. The molecule has 3 rings (SSSR count). The summed E-state index contributed by atoms with van der Waals surface area (Å²) in [5, 5.41) is 3.70. The van der Waals surface area contributed by atoms with Crippen LogP contribution in [0.1, 0.15) is 35.0 Å². The van der Waals surface area contributed by atoms with Crippen molar-refractivity contribution in [2.45, 2.75) is 31.7 Å². The molecule has 0 saturated heterocycles. The normalized spacial score (nSPS) is 18.3. The molecular weight excluding hydrogens is 367 g/mol. The molecule has 0 aromatic carbocycles. The molecule has 0 aliphatic heterocycles. The first-order valence-electron chi connectivity index (χ1n) is 6.74. The molecule has 0 bridgehead atoms. The van der Waals surface area contributed by atoms with E-state index in [4.69, 9.17) is 0 Å². The molecule has 1 aliphatic carbocycles. The Labute approximate surface area is 131 Å². The summed E-state index contributed by atoms with van der Waals surface area (Å²) >= 11 is 4.40. The highest BCUT2D eigenvalue weighted by molar-refractivity contribution is 14.1. The zero-order valence-electron chi connectivity index (χ0n) is 10.7. The van der Waals surface area contributed by atoms with Crippen molar-refractivity contribution in [3.63, 3.8) is 0 Å². The molecule has 0 spiro atoms. The lowest BCUT2D eigenvalue weighted by Gasteiger charge is -2.23. The zero-order chi connectivity index (χ0) is 13.1. The fraction of sp³-hybridized carbons (Fsp3) is 0.400. The summed E-state index contributed by atoms with van der Waals surface area (Å²) in [6, 6.07) is 9.03. The summed E-state index contributed by atoms with van der Waals surface area (Å²) < 4.78 is 1.42. The molecule has 1 atom stereocenters. The van der Waals surface area contributed by atoms with Gasteiger partial charge < -0.3 is 5.32 Å². The van der Waals surface area contributed by atoms with Gasteiger partial charge in [-0.2, -0.15) is 0 Å². The summed E-state index contributed by atoms with van der Waals surface area (Å²) in [4.78, 5) is 5.96. The van der Waals surface area contributed by atoms with E-state index in [1.807, 2.05) is 23.6 Å². The molecule has 0 saturated carbocycles. The molecule has 2 heterocycles. The largest absolute Gasteiger partial charge is 0.310 e. The lowest BCUT2D eigenvalue weighted by Crippen LogP contribution is -2.26. The van der Waals surface area contributed by atoms with Gasteiger partial charge >= 0.3 is 0 Å². The molecule has 2 aromatic rings. The van der Waals surface area contributed by atoms with Crippen LogP contribution in [-0.4, -0.2) is 11.5 Å². The van der Waals surface area contributed by atoms with E-state index in [2.05, 4.69) is 51.1 Å². The number of fused-ring (bicyclic) bond motifs is 1. The summed E-state index contributed by atoms with van der Waals surface area (Å²) in [7, 11) is 0. The van der Waals surface area contributed by atoms with Gasteiger partial charge in [0.15, 0.2) is 0 Å². The van der Waals surface area contributed by atoms with E-state index < -0.39 is 0 Å². The Balaban J connectivity index is 1.59. The lowest BCUT2D eigenvalue weighted by atomic mass is 9.94. The fourth-order valence-electron chi connectivity index (χ4n) is 2.65. The molecule has 4 heteroatoms. The highest BCUT2D eigenvalue weighted by Gasteiger charge is 2.21. The van der Waals surface area contributed by atoms with Crippen molar-refractivity contribution >= 4 is 33.9 Å². The van der Waals surface area contributed by atoms with Gasteiger partial charge in [0.2, 0.25) is 0 Å². The molecule has 1 aliphatic rings. The van der Waals surface area contributed by atoms with Crippen LogP contribution in [0.3, 0.4) is 0 Å². The quantitative estimate of drug-likeness (QED) is 0.808. The number of aromatic nitrogens is 1. The van der Waals surface area contributed by atoms with Gasteiger partial charge in [0, 0.05) is 35.8 Å². The van der Waals surface area contributed by atoms with Crippen LogP contribution in [0.5, 0.6) is 0 Å². The van der Waals surface area contributed by atoms with Gasteiger partial charge in [-0.25, -0.2) is 0 Å². The van der Waals surface area contributed by atoms with Crippen LogP contribution in [0, 0.1) is 2.88 Å². The minimum Gasteiger partial charge on any atom is -0.310 e. The van der Waals surface area contributed by atoms with E-state index in [1.165, 1.54) is 27.8 Å². The summed E-state index contributed by atoms with van der Waals surface area (Å²) in [5.74, 6) is 0. The minimum absolute atomic E-state index is 0.548. The number of halogens is 1. The van der Waals surface area contributed by atoms with Crippen molar-refractivity contribution in [3.05, 3.63) is 49.5 Å². The molecule has 0 fully saturated rings. The van der Waals surface area contributed by atoms with Crippen LogP contribution >= 0.6 is 33.9 Å². The fourth-order valence-corrected chi connectivity index (χ4v) is 4.77. The Bertz CT molecular complexity index is 538. The van der Waals surface area contributed by atoms with Crippen molar-refractivity contribution in [2.24, 2.45) is 0 Å². The van der Waals surface area contributed by atoms with E-state index in [0.717, 1.165) is 13.0 Å². The molecule has 100 valence electrons. The smallest absolute Gasteiger partial charge is 0.0659 e. The van der Waals surface area contributed by atoms with Crippen molar-refractivity contribution in [2.75, 3.05) is 6.54 Å². The Kier molecular flexibility index (Phi) is 4.50. The highest BCUT2D eigenvalue weighted by atomic mass is 127. The number of thiophene rings is 1. The van der Waals surface area contributed by atoms with E-state index in [1.54, 1.807) is 10.4 Å². The van der Waals surface area contributed by atoms with Gasteiger partial charge in [0.25, 0.3) is 0 Å². The van der Waals surface area contributed by atoms with Crippen molar-refractivity contribution < 1.29 is 0 Å². The molecule has 2 nitrogen and oxygen atoms in total. The predicted molar refractivity (Wildman–Crippen MR) is 88.7 cm³/mol. The third-order valence-electron chi connectivity index (χ3n) is 3.58. The molecule has 1 unspecified atom stereocenters. The van der Waals surface area contributed by atoms with Gasteiger partial charge in [0.1, 0.15) is 0 Å². The molecule has 19 heavy (non-hydrogen) atoms. The van der Waals surface area contributed by atoms with Crippen LogP contribution in [0.25, 0.3) is 0 Å². The Morgan fingerprint density at radius 2 is 2.37 bits per heavy atom. The van der Waals surface area contributed by atoms with Crippen molar-refractivity contribution in [3.8, 4) is 0 Å². The topological polar surface area (TPSA) is 24.9 Å². The highest BCUT2D eigenvalue weighted by Crippen LogP contribution is 2.36. The number of nitrogens with one attached hydrogen (secondary N) is 1. The first-order chi connectivity index (χ1) is 9.33. The Hall–Kier alpha value is -0.460. The van der Waals surface area contributed by atoms with Crippen LogP contribution in [0.2, 0.25) is 0 Å². The van der Waals surface area contributed by atoms with Crippen LogP contribution < -0.4 is 5.32 Å². The lowest BCUT2D eigenvalue weighted by molar-refractivity contribution is 0.466. The molecular formula is C15H17IN2S. The number of nitrogens with zero attached hydrogens (tertiary/aromatic N) is 1. The first kappa shape index (κ1) is 13.5. The number of hydrogen-bond donors (Lipinski definition) is 1. The maximum absolute atomic E-state index is 4.37. The second-order valence-corrected chi connectivity index (χ2v) is 7.93. The Morgan fingerprint density at radius 1 is 1.42 bits per heavy atom. The third-order valence-corrected chi connectivity index (χ3v) is 5.55. The summed E-state index contributed by atoms with van der Waals surface area (Å²) in [6.45, 7) is 1.01. The number of hydrogen-bond acceptors (Lipinski definition) is 3. The van der Waals surface area contributed by atoms with Gasteiger partial charge in [-0.3, -0.25) is 4.98 Å². The van der Waals surface area contributed by atoms with Gasteiger partial charge in [-0.1, -0.05) is 6.07 Å². The van der Waals surface area contributed by atoms with E-state index in [0.29, 0.717) is 6.04 Å². The standard InChI is InChI=1S/C15H17IN2S/c16-15-10-12-13(5-3-6-14(12)19-15)18-9-7-11-4-1-2-8-17-11/h1-2,4,8,10,13,18H,3,5-7,9H2. The van der Waals surface area contributed by atoms with Gasteiger partial charge in [0.05, 0.1) is 2.88 Å². The van der Waals surface area contributed by atoms with Crippen LogP contribution in [-0.2, 0) is 12.8 Å². The average molecular weight is 384 g/mol. The van der Waals surface area contributed by atoms with E-state index in [9.17, 15) is 0 Å². The van der Waals surface area contributed by atoms with Crippen LogP contribution in [0.15, 0.2) is 30.5 Å². The maximum atomic E-state index is 4.37. The van der Waals surface area contributed by atoms with Crippen molar-refractivity contribution in [1.29, 1.82) is 0 Å². The Morgan fingerprint density at radius 3 is 3.21 bits per heavy atom. The number of rotatable bonds is 4. The number of pyridine rings is 1. The molecule has 2 aromatic heterocycles. The second-order valence-electron chi connectivity index (χ2n) is 4.90. The zero-order valence-corrected chi connectivity index (χ0v) is 13.7. The first-order valence-corrected chi connectivity index (χ1v) is 8.64. The predicted octanol–water partition coefficient (Wildman–Crippen LogP) is 3.96. The third kappa shape index (κ3) is 3.35. The maximum Gasteiger partial charge on any atom is 0.0659 e. The SMILES string of the molecule is Ic1cc2c(s1)CCCC2NCCc1ccccn1. The summed E-state index contributed by atoms with van der Waals surface area (Å²) in [5.41, 5.74) is 2.72. The van der Waals surface area contributed by atoms with E-state index >= 15 is 0 Å². The van der Waals surface area contributed by atoms with Gasteiger partial charge in [-0.05, 0) is 65.6 Å².